The Kier molecular flexibility index (Phi) is 6.43. The third-order valence-electron chi connectivity index (χ3n) is 6.45. The SMILES string of the molecule is CCOC(=O)C1CCC(=NOc2nc3oc(=O)cc(CCCC4(C)CC4)c3c(=O)[nH]2)CC1. The molecule has 2 aliphatic carbocycles. The van der Waals surface area contributed by atoms with Crippen molar-refractivity contribution in [2.24, 2.45) is 16.5 Å². The highest BCUT2D eigenvalue weighted by atomic mass is 16.6. The van der Waals surface area contributed by atoms with E-state index in [1.54, 1.807) is 6.92 Å². The number of hydrogen-bond acceptors (Lipinski definition) is 8. The molecule has 172 valence electrons. The van der Waals surface area contributed by atoms with Gasteiger partial charge in [-0.25, -0.2) is 4.79 Å². The summed E-state index contributed by atoms with van der Waals surface area (Å²) in [5, 5.41) is 4.36. The summed E-state index contributed by atoms with van der Waals surface area (Å²) in [6.07, 6.45) is 7.52. The number of aromatic nitrogens is 2. The number of carbonyl (C=O) groups is 1. The lowest BCUT2D eigenvalue weighted by atomic mass is 9.88. The summed E-state index contributed by atoms with van der Waals surface area (Å²) >= 11 is 0. The maximum absolute atomic E-state index is 12.7. The van der Waals surface area contributed by atoms with E-state index in [4.69, 9.17) is 14.0 Å². The Balaban J connectivity index is 1.45. The Bertz CT molecular complexity index is 1130. The van der Waals surface area contributed by atoms with E-state index in [1.807, 2.05) is 0 Å². The molecule has 1 N–H and O–H groups in total. The van der Waals surface area contributed by atoms with Crippen LogP contribution in [0.3, 0.4) is 0 Å². The fourth-order valence-corrected chi connectivity index (χ4v) is 4.18. The van der Waals surface area contributed by atoms with Gasteiger partial charge in [-0.15, -0.1) is 0 Å². The van der Waals surface area contributed by atoms with E-state index in [1.165, 1.54) is 18.9 Å². The molecular weight excluding hydrogens is 414 g/mol. The molecule has 0 aliphatic heterocycles. The number of H-pyrrole nitrogens is 1. The summed E-state index contributed by atoms with van der Waals surface area (Å²) in [5.74, 6) is -0.298. The van der Waals surface area contributed by atoms with Crippen molar-refractivity contribution in [1.29, 1.82) is 0 Å². The van der Waals surface area contributed by atoms with Gasteiger partial charge in [0.05, 0.1) is 18.2 Å². The van der Waals surface area contributed by atoms with Gasteiger partial charge in [0.1, 0.15) is 5.39 Å². The van der Waals surface area contributed by atoms with E-state index in [2.05, 4.69) is 22.0 Å². The number of carbonyl (C=O) groups excluding carboxylic acids is 1. The fourth-order valence-electron chi connectivity index (χ4n) is 4.18. The van der Waals surface area contributed by atoms with Crippen LogP contribution in [-0.2, 0) is 16.0 Å². The molecule has 0 bridgehead atoms. The zero-order chi connectivity index (χ0) is 22.7. The van der Waals surface area contributed by atoms with Crippen LogP contribution >= 0.6 is 0 Å². The van der Waals surface area contributed by atoms with E-state index < -0.39 is 11.2 Å². The van der Waals surface area contributed by atoms with Gasteiger partial charge in [0, 0.05) is 6.07 Å². The minimum Gasteiger partial charge on any atom is -0.466 e. The quantitative estimate of drug-likeness (QED) is 0.489. The van der Waals surface area contributed by atoms with Crippen molar-refractivity contribution < 1.29 is 18.8 Å². The normalized spacial score (nSPS) is 19.6. The molecule has 0 unspecified atom stereocenters. The minimum atomic E-state index is -0.544. The molecule has 2 aromatic rings. The van der Waals surface area contributed by atoms with Gasteiger partial charge >= 0.3 is 17.6 Å². The Hall–Kier alpha value is -2.97. The third kappa shape index (κ3) is 5.26. The van der Waals surface area contributed by atoms with Crippen LogP contribution in [0.5, 0.6) is 6.01 Å². The Morgan fingerprint density at radius 3 is 2.75 bits per heavy atom. The molecule has 0 saturated heterocycles. The first kappa shape index (κ1) is 22.2. The first-order valence-corrected chi connectivity index (χ1v) is 11.3. The molecule has 2 saturated carbocycles. The maximum Gasteiger partial charge on any atom is 0.337 e. The molecule has 0 aromatic carbocycles. The van der Waals surface area contributed by atoms with Crippen LogP contribution in [0, 0.1) is 11.3 Å². The van der Waals surface area contributed by atoms with E-state index in [9.17, 15) is 14.4 Å². The van der Waals surface area contributed by atoms with Gasteiger partial charge in [-0.05, 0) is 75.7 Å². The van der Waals surface area contributed by atoms with Gasteiger partial charge in [-0.1, -0.05) is 12.1 Å². The van der Waals surface area contributed by atoms with E-state index in [0.717, 1.165) is 18.6 Å². The average molecular weight is 444 g/mol. The Morgan fingerprint density at radius 2 is 2.06 bits per heavy atom. The van der Waals surface area contributed by atoms with Crippen molar-refractivity contribution in [2.45, 2.75) is 71.6 Å². The van der Waals surface area contributed by atoms with Crippen molar-refractivity contribution in [2.75, 3.05) is 6.61 Å². The van der Waals surface area contributed by atoms with Crippen LogP contribution in [-0.4, -0.2) is 28.3 Å². The maximum atomic E-state index is 12.7. The minimum absolute atomic E-state index is 0.0462. The summed E-state index contributed by atoms with van der Waals surface area (Å²) in [7, 11) is 0. The summed E-state index contributed by atoms with van der Waals surface area (Å²) < 4.78 is 10.2. The molecule has 0 radical (unpaired) electrons. The van der Waals surface area contributed by atoms with Crippen LogP contribution in [0.1, 0.15) is 70.8 Å². The number of hydrogen-bond donors (Lipinski definition) is 1. The van der Waals surface area contributed by atoms with Crippen LogP contribution < -0.4 is 16.0 Å². The lowest BCUT2D eigenvalue weighted by Gasteiger charge is -2.20. The summed E-state index contributed by atoms with van der Waals surface area (Å²) in [5.41, 5.74) is 0.817. The van der Waals surface area contributed by atoms with Gasteiger partial charge in [0.25, 0.3) is 5.56 Å². The summed E-state index contributed by atoms with van der Waals surface area (Å²) in [6.45, 7) is 4.42. The molecule has 0 atom stereocenters. The van der Waals surface area contributed by atoms with Crippen molar-refractivity contribution in [3.05, 3.63) is 32.4 Å². The van der Waals surface area contributed by atoms with E-state index >= 15 is 0 Å². The van der Waals surface area contributed by atoms with Gasteiger partial charge < -0.3 is 14.0 Å². The molecular formula is C23H29N3O6. The van der Waals surface area contributed by atoms with Crippen LogP contribution in [0.2, 0.25) is 0 Å². The number of rotatable bonds is 8. The molecule has 9 nitrogen and oxygen atoms in total. The smallest absolute Gasteiger partial charge is 0.337 e. The number of oxime groups is 1. The molecule has 0 amide bonds. The van der Waals surface area contributed by atoms with E-state index in [0.29, 0.717) is 49.7 Å². The first-order chi connectivity index (χ1) is 15.4. The Morgan fingerprint density at radius 1 is 1.31 bits per heavy atom. The lowest BCUT2D eigenvalue weighted by molar-refractivity contribution is -0.148. The molecule has 2 aromatic heterocycles. The zero-order valence-electron chi connectivity index (χ0n) is 18.6. The number of esters is 1. The van der Waals surface area contributed by atoms with Crippen molar-refractivity contribution in [1.82, 2.24) is 9.97 Å². The van der Waals surface area contributed by atoms with Crippen molar-refractivity contribution >= 4 is 22.8 Å². The number of nitrogens with one attached hydrogen (secondary N) is 1. The van der Waals surface area contributed by atoms with Crippen molar-refractivity contribution in [3.63, 3.8) is 0 Å². The van der Waals surface area contributed by atoms with Gasteiger partial charge in [-0.3, -0.25) is 14.6 Å². The van der Waals surface area contributed by atoms with Gasteiger partial charge in [0.15, 0.2) is 0 Å². The largest absolute Gasteiger partial charge is 0.466 e. The molecule has 9 heteroatoms. The molecule has 4 rings (SSSR count). The second kappa shape index (κ2) is 9.26. The molecule has 2 heterocycles. The molecule has 2 fully saturated rings. The summed E-state index contributed by atoms with van der Waals surface area (Å²) in [6, 6.07) is 1.24. The zero-order valence-corrected chi connectivity index (χ0v) is 18.6. The fraction of sp³-hybridized carbons (Fsp3) is 0.609. The average Bonchev–Trinajstić information content (AvgIpc) is 3.49. The highest BCUT2D eigenvalue weighted by Crippen LogP contribution is 2.49. The summed E-state index contributed by atoms with van der Waals surface area (Å²) in [4.78, 5) is 48.6. The number of aromatic amines is 1. The predicted molar refractivity (Wildman–Crippen MR) is 118 cm³/mol. The first-order valence-electron chi connectivity index (χ1n) is 11.3. The third-order valence-corrected chi connectivity index (χ3v) is 6.45. The molecule has 2 aliphatic rings. The second-order valence-corrected chi connectivity index (χ2v) is 9.08. The topological polar surface area (TPSA) is 124 Å². The lowest BCUT2D eigenvalue weighted by Crippen LogP contribution is -2.24. The highest BCUT2D eigenvalue weighted by molar-refractivity contribution is 5.86. The number of fused-ring (bicyclic) bond motifs is 1. The van der Waals surface area contributed by atoms with Gasteiger partial charge in [0.2, 0.25) is 5.71 Å². The Labute approximate surface area is 185 Å². The number of ether oxygens (including phenoxy) is 1. The standard InChI is InChI=1S/C23H29N3O6/c1-3-30-21(29)14-6-8-16(9-7-14)26-32-22-24-19(28)18-15(5-4-10-23(2)11-12-23)13-17(27)31-20(18)25-22/h13-14H,3-12H2,1-2H3,(H,24,25,28). The van der Waals surface area contributed by atoms with Crippen LogP contribution in [0.4, 0.5) is 0 Å². The van der Waals surface area contributed by atoms with Gasteiger partial charge in [-0.2, -0.15) is 4.98 Å². The number of nitrogens with zero attached hydrogens (tertiary/aromatic N) is 2. The predicted octanol–water partition coefficient (Wildman–Crippen LogP) is 3.49. The van der Waals surface area contributed by atoms with Crippen LogP contribution in [0.25, 0.3) is 11.1 Å². The van der Waals surface area contributed by atoms with Crippen LogP contribution in [0.15, 0.2) is 25.2 Å². The monoisotopic (exact) mass is 443 g/mol. The number of aryl methyl sites for hydroxylation is 1. The molecule has 0 spiro atoms. The van der Waals surface area contributed by atoms with Crippen molar-refractivity contribution in [3.8, 4) is 6.01 Å². The second-order valence-electron chi connectivity index (χ2n) is 9.08. The highest BCUT2D eigenvalue weighted by Gasteiger charge is 2.36. The van der Waals surface area contributed by atoms with E-state index in [-0.39, 0.29) is 29.0 Å². The molecule has 32 heavy (non-hydrogen) atoms.